The van der Waals surface area contributed by atoms with E-state index < -0.39 is 72.8 Å². The number of ether oxygens (including phenoxy) is 1. The van der Waals surface area contributed by atoms with E-state index in [1.807, 2.05) is 0 Å². The van der Waals surface area contributed by atoms with Crippen LogP contribution in [0, 0.1) is 11.8 Å². The van der Waals surface area contributed by atoms with Crippen LogP contribution in [-0.4, -0.2) is 103 Å². The zero-order valence-corrected chi connectivity index (χ0v) is 24.2. The number of nitrogens with zero attached hydrogens (tertiary/aromatic N) is 1. The van der Waals surface area contributed by atoms with Crippen LogP contribution in [0.5, 0.6) is 0 Å². The number of aliphatic carboxylic acids is 1. The van der Waals surface area contributed by atoms with Crippen molar-refractivity contribution >= 4 is 41.6 Å². The third kappa shape index (κ3) is 11.8. The van der Waals surface area contributed by atoms with Crippen LogP contribution in [0.3, 0.4) is 0 Å². The minimum Gasteiger partial charge on any atom is -0.480 e. The van der Waals surface area contributed by atoms with E-state index in [2.05, 4.69) is 33.2 Å². The molecule has 3 atom stereocenters. The average molecular weight is 583 g/mol. The minimum atomic E-state index is -1.23. The lowest BCUT2D eigenvalue weighted by atomic mass is 10.0. The Kier molecular flexibility index (Phi) is 14.3. The van der Waals surface area contributed by atoms with Gasteiger partial charge in [0.2, 0.25) is 23.6 Å². The van der Waals surface area contributed by atoms with E-state index in [0.717, 1.165) is 0 Å². The maximum atomic E-state index is 13.3. The molecule has 0 aromatic carbocycles. The Morgan fingerprint density at radius 3 is 2.12 bits per heavy atom. The maximum Gasteiger partial charge on any atom is 0.333 e. The number of likely N-dealkylation sites (tertiary alicyclic amines) is 1. The fourth-order valence-corrected chi connectivity index (χ4v) is 3.94. The number of carboxylic acid groups (broad SMARTS) is 1. The molecule has 230 valence electrons. The molecule has 6 amide bonds. The Bertz CT molecular complexity index is 1010. The van der Waals surface area contributed by atoms with Crippen LogP contribution < -0.4 is 26.6 Å². The fourth-order valence-electron chi connectivity index (χ4n) is 3.94. The van der Waals surface area contributed by atoms with Crippen molar-refractivity contribution in [2.24, 2.45) is 11.8 Å². The first kappa shape index (κ1) is 34.9. The number of hydrogen-bond donors (Lipinski definition) is 6. The second kappa shape index (κ2) is 16.8. The lowest BCUT2D eigenvalue weighted by Gasteiger charge is -2.30. The first-order valence-electron chi connectivity index (χ1n) is 13.4. The van der Waals surface area contributed by atoms with E-state index in [1.54, 1.807) is 27.7 Å². The Balaban J connectivity index is 2.69. The highest BCUT2D eigenvalue weighted by molar-refractivity contribution is 5.95. The molecule has 1 heterocycles. The van der Waals surface area contributed by atoms with Gasteiger partial charge >= 0.3 is 18.0 Å². The van der Waals surface area contributed by atoms with Gasteiger partial charge in [0.25, 0.3) is 0 Å². The number of carbonyl (C=O) groups is 7. The fraction of sp³-hybridized carbons (Fsp3) is 0.654. The van der Waals surface area contributed by atoms with Gasteiger partial charge in [0.05, 0.1) is 13.1 Å². The number of rotatable bonds is 15. The summed E-state index contributed by atoms with van der Waals surface area (Å²) in [6, 6.07) is -3.46. The van der Waals surface area contributed by atoms with Crippen LogP contribution in [-0.2, 0) is 33.5 Å². The molecular weight excluding hydrogens is 540 g/mol. The van der Waals surface area contributed by atoms with Crippen LogP contribution in [0.4, 0.5) is 4.79 Å². The molecule has 0 bridgehead atoms. The number of urea groups is 1. The minimum absolute atomic E-state index is 0.0134. The summed E-state index contributed by atoms with van der Waals surface area (Å²) in [5, 5.41) is 21.0. The van der Waals surface area contributed by atoms with E-state index in [0.29, 0.717) is 12.8 Å². The topological polar surface area (TPSA) is 212 Å². The van der Waals surface area contributed by atoms with E-state index in [-0.39, 0.29) is 37.1 Å². The van der Waals surface area contributed by atoms with Crippen LogP contribution in [0.1, 0.15) is 47.5 Å². The molecule has 0 saturated carbocycles. The molecule has 15 nitrogen and oxygen atoms in total. The summed E-state index contributed by atoms with van der Waals surface area (Å²) in [5.41, 5.74) is 0.227. The van der Waals surface area contributed by atoms with Crippen molar-refractivity contribution < 1.29 is 43.4 Å². The quantitative estimate of drug-likeness (QED) is 0.0783. The van der Waals surface area contributed by atoms with Gasteiger partial charge < -0.3 is 41.3 Å². The lowest BCUT2D eigenvalue weighted by Crippen LogP contribution is -2.57. The molecule has 1 aliphatic heterocycles. The summed E-state index contributed by atoms with van der Waals surface area (Å²) in [6.45, 7) is 10.9. The largest absolute Gasteiger partial charge is 0.480 e. The van der Waals surface area contributed by atoms with Gasteiger partial charge in [-0.3, -0.25) is 24.0 Å². The lowest BCUT2D eigenvalue weighted by molar-refractivity contribution is -0.141. The number of carboxylic acids is 1. The first-order valence-corrected chi connectivity index (χ1v) is 13.4. The molecule has 1 rings (SSSR count). The van der Waals surface area contributed by atoms with Crippen molar-refractivity contribution in [1.82, 2.24) is 31.5 Å². The van der Waals surface area contributed by atoms with Gasteiger partial charge in [-0.2, -0.15) is 0 Å². The van der Waals surface area contributed by atoms with E-state index in [4.69, 9.17) is 9.84 Å². The average Bonchev–Trinajstić information content (AvgIpc) is 3.39. The third-order valence-electron chi connectivity index (χ3n) is 6.13. The summed E-state index contributed by atoms with van der Waals surface area (Å²) < 4.78 is 4.91. The van der Waals surface area contributed by atoms with Crippen LogP contribution >= 0.6 is 0 Å². The van der Waals surface area contributed by atoms with Crippen molar-refractivity contribution in [1.29, 1.82) is 0 Å². The molecule has 0 unspecified atom stereocenters. The summed E-state index contributed by atoms with van der Waals surface area (Å²) in [5.74, 6) is -4.83. The number of nitrogens with one attached hydrogen (secondary N) is 5. The predicted octanol–water partition coefficient (Wildman–Crippen LogP) is -1.12. The predicted molar refractivity (Wildman–Crippen MR) is 146 cm³/mol. The van der Waals surface area contributed by atoms with E-state index in [9.17, 15) is 33.6 Å². The normalized spacial score (nSPS) is 15.9. The molecule has 1 fully saturated rings. The molecular formula is C26H42N6O9. The van der Waals surface area contributed by atoms with Crippen LogP contribution in [0.15, 0.2) is 12.2 Å². The van der Waals surface area contributed by atoms with E-state index >= 15 is 0 Å². The first-order chi connectivity index (χ1) is 19.1. The molecule has 0 aliphatic carbocycles. The highest BCUT2D eigenvalue weighted by atomic mass is 16.5. The van der Waals surface area contributed by atoms with Gasteiger partial charge in [0.15, 0.2) is 0 Å². The van der Waals surface area contributed by atoms with E-state index in [1.165, 1.54) is 11.8 Å². The van der Waals surface area contributed by atoms with Crippen molar-refractivity contribution in [3.63, 3.8) is 0 Å². The Morgan fingerprint density at radius 2 is 1.56 bits per heavy atom. The monoisotopic (exact) mass is 582 g/mol. The highest BCUT2D eigenvalue weighted by Crippen LogP contribution is 2.20. The summed E-state index contributed by atoms with van der Waals surface area (Å²) in [6.07, 6.45) is 0.900. The van der Waals surface area contributed by atoms with Crippen molar-refractivity contribution in [3.8, 4) is 0 Å². The molecule has 1 saturated heterocycles. The molecule has 41 heavy (non-hydrogen) atoms. The molecule has 0 aromatic heterocycles. The molecule has 0 radical (unpaired) electrons. The zero-order valence-electron chi connectivity index (χ0n) is 24.2. The summed E-state index contributed by atoms with van der Waals surface area (Å²) in [7, 11) is 0. The van der Waals surface area contributed by atoms with Gasteiger partial charge in [-0.15, -0.1) is 0 Å². The molecule has 0 aromatic rings. The van der Waals surface area contributed by atoms with Gasteiger partial charge in [-0.05, 0) is 31.6 Å². The Hall–Kier alpha value is -4.17. The number of amides is 6. The SMILES string of the molecule is C=C(C)C(=O)OCCNC(=O)N[C@H](C(=O)N1CCC[C@H]1C(=O)NCC(=O)N[C@H](C(=O)NCC(=O)O)C(C)C)C(C)C. The molecule has 15 heteroatoms. The molecule has 1 aliphatic rings. The van der Waals surface area contributed by atoms with Crippen LogP contribution in [0.2, 0.25) is 0 Å². The molecule has 0 spiro atoms. The third-order valence-corrected chi connectivity index (χ3v) is 6.13. The van der Waals surface area contributed by atoms with Gasteiger partial charge in [0, 0.05) is 12.1 Å². The summed E-state index contributed by atoms with van der Waals surface area (Å²) >= 11 is 0. The smallest absolute Gasteiger partial charge is 0.333 e. The number of carbonyl (C=O) groups excluding carboxylic acids is 6. The van der Waals surface area contributed by atoms with Gasteiger partial charge in [-0.1, -0.05) is 34.3 Å². The van der Waals surface area contributed by atoms with Crippen molar-refractivity contribution in [2.75, 3.05) is 32.8 Å². The summed E-state index contributed by atoms with van der Waals surface area (Å²) in [4.78, 5) is 86.8. The Labute approximate surface area is 239 Å². The second-order valence-corrected chi connectivity index (χ2v) is 10.3. The zero-order chi connectivity index (χ0) is 31.3. The highest BCUT2D eigenvalue weighted by Gasteiger charge is 2.38. The van der Waals surface area contributed by atoms with Gasteiger partial charge in [-0.25, -0.2) is 9.59 Å². The van der Waals surface area contributed by atoms with Gasteiger partial charge in [0.1, 0.15) is 31.3 Å². The number of esters is 1. The standard InChI is InChI=1S/C26H42N6O9/c1-14(2)20(23(37)29-13-19(34)35)30-18(33)12-28-22(36)17-8-7-10-32(17)24(38)21(15(3)4)31-26(40)27-9-11-41-25(39)16(5)6/h14-15,17,20-21H,5,7-13H2,1-4,6H3,(H,28,36)(H,29,37)(H,30,33)(H,34,35)(H2,27,31,40)/t17-,20-,21-/m0/s1. The second-order valence-electron chi connectivity index (χ2n) is 10.3. The maximum absolute atomic E-state index is 13.3. The van der Waals surface area contributed by atoms with Crippen molar-refractivity contribution in [3.05, 3.63) is 12.2 Å². The molecule has 6 N–H and O–H groups in total. The van der Waals surface area contributed by atoms with Crippen LogP contribution in [0.25, 0.3) is 0 Å². The Morgan fingerprint density at radius 1 is 0.927 bits per heavy atom. The number of hydrogen-bond acceptors (Lipinski definition) is 8. The van der Waals surface area contributed by atoms with Crippen molar-refractivity contribution in [2.45, 2.75) is 65.6 Å².